The molecule has 28 heavy (non-hydrogen) atoms. The topological polar surface area (TPSA) is 54.3 Å². The fourth-order valence-corrected chi connectivity index (χ4v) is 3.98. The normalized spacial score (nSPS) is 14.7. The Labute approximate surface area is 169 Å². The van der Waals surface area contributed by atoms with E-state index in [1.54, 1.807) is 0 Å². The maximum Gasteiger partial charge on any atom is 0.254 e. The Balaban J connectivity index is 1.57. The molecule has 0 saturated carbocycles. The van der Waals surface area contributed by atoms with Gasteiger partial charge in [-0.05, 0) is 51.1 Å². The van der Waals surface area contributed by atoms with Crippen LogP contribution in [0.1, 0.15) is 28.7 Å². The number of amides is 1. The predicted molar refractivity (Wildman–Crippen MR) is 112 cm³/mol. The molecule has 1 aromatic carbocycles. The molecule has 3 heterocycles. The summed E-state index contributed by atoms with van der Waals surface area (Å²) in [6, 6.07) is 9.75. The monoisotopic (exact) mass is 397 g/mol. The molecule has 0 atom stereocenters. The fraction of sp³-hybridized carbons (Fsp3) is 0.381. The molecule has 0 bridgehead atoms. The summed E-state index contributed by atoms with van der Waals surface area (Å²) < 4.78 is 1.87. The highest BCUT2D eigenvalue weighted by Crippen LogP contribution is 2.25. The maximum absolute atomic E-state index is 13.3. The van der Waals surface area contributed by atoms with E-state index >= 15 is 0 Å². The van der Waals surface area contributed by atoms with E-state index in [9.17, 15) is 4.79 Å². The van der Waals surface area contributed by atoms with Crippen molar-refractivity contribution in [2.75, 3.05) is 31.1 Å². The number of rotatable bonds is 3. The number of benzene rings is 1. The first kappa shape index (κ1) is 18.7. The van der Waals surface area contributed by atoms with Crippen molar-refractivity contribution >= 4 is 34.2 Å². The van der Waals surface area contributed by atoms with Gasteiger partial charge in [0.05, 0.1) is 16.6 Å². The van der Waals surface area contributed by atoms with Crippen LogP contribution in [0.25, 0.3) is 11.0 Å². The third kappa shape index (κ3) is 3.33. The zero-order valence-electron chi connectivity index (χ0n) is 16.4. The van der Waals surface area contributed by atoms with Gasteiger partial charge in [0.25, 0.3) is 5.91 Å². The molecule has 1 amide bonds. The van der Waals surface area contributed by atoms with Crippen LogP contribution in [0.2, 0.25) is 5.02 Å². The number of aryl methyl sites for hydroxylation is 3. The van der Waals surface area contributed by atoms with Crippen LogP contribution < -0.4 is 4.90 Å². The lowest BCUT2D eigenvalue weighted by atomic mass is 10.1. The number of anilines is 1. The van der Waals surface area contributed by atoms with Gasteiger partial charge in [-0.25, -0.2) is 9.67 Å². The van der Waals surface area contributed by atoms with Crippen LogP contribution in [0.4, 0.5) is 5.69 Å². The fourth-order valence-electron chi connectivity index (χ4n) is 3.86. The van der Waals surface area contributed by atoms with Gasteiger partial charge in [0.15, 0.2) is 5.65 Å². The molecule has 4 rings (SSSR count). The molecular formula is C21H24ClN5O. The quantitative estimate of drug-likeness (QED) is 0.676. The van der Waals surface area contributed by atoms with E-state index in [2.05, 4.69) is 15.0 Å². The standard InChI is InChI=1S/C21H24ClN5O/c1-4-27-20-19(15(3)24-27)18(13-14(2)23-20)21(28)26-11-9-25(10-12-26)17-7-5-16(22)6-8-17/h5-8,13H,4,9-12H2,1-3H3. The predicted octanol–water partition coefficient (Wildman–Crippen LogP) is 3.68. The molecule has 1 aliphatic heterocycles. The zero-order chi connectivity index (χ0) is 19.8. The summed E-state index contributed by atoms with van der Waals surface area (Å²) in [4.78, 5) is 22.2. The summed E-state index contributed by atoms with van der Waals surface area (Å²) in [5.74, 6) is 0.0602. The highest BCUT2D eigenvalue weighted by Gasteiger charge is 2.26. The largest absolute Gasteiger partial charge is 0.368 e. The van der Waals surface area contributed by atoms with E-state index in [4.69, 9.17) is 11.6 Å². The van der Waals surface area contributed by atoms with Crippen molar-refractivity contribution in [1.82, 2.24) is 19.7 Å². The SMILES string of the molecule is CCn1nc(C)c2c(C(=O)N3CCN(c4ccc(Cl)cc4)CC3)cc(C)nc21. The van der Waals surface area contributed by atoms with Gasteiger partial charge in [-0.3, -0.25) is 4.79 Å². The summed E-state index contributed by atoms with van der Waals surface area (Å²) in [6.45, 7) is 9.61. The van der Waals surface area contributed by atoms with E-state index in [-0.39, 0.29) is 5.91 Å². The molecule has 1 fully saturated rings. The molecule has 0 unspecified atom stereocenters. The average Bonchev–Trinajstić information content (AvgIpc) is 3.03. The minimum absolute atomic E-state index is 0.0602. The Bertz CT molecular complexity index is 1020. The maximum atomic E-state index is 13.3. The van der Waals surface area contributed by atoms with Crippen LogP contribution >= 0.6 is 11.6 Å². The van der Waals surface area contributed by atoms with Gasteiger partial charge < -0.3 is 9.80 Å². The number of halogens is 1. The van der Waals surface area contributed by atoms with Crippen LogP contribution in [-0.2, 0) is 6.54 Å². The van der Waals surface area contributed by atoms with E-state index in [1.807, 2.05) is 60.7 Å². The number of aromatic nitrogens is 3. The highest BCUT2D eigenvalue weighted by molar-refractivity contribution is 6.30. The van der Waals surface area contributed by atoms with Gasteiger partial charge in [-0.2, -0.15) is 5.10 Å². The molecule has 0 spiro atoms. The summed E-state index contributed by atoms with van der Waals surface area (Å²) >= 11 is 5.99. The molecule has 6 nitrogen and oxygen atoms in total. The van der Waals surface area contributed by atoms with Gasteiger partial charge in [0.1, 0.15) is 0 Å². The van der Waals surface area contributed by atoms with Crippen LogP contribution in [0.5, 0.6) is 0 Å². The Kier molecular flexibility index (Phi) is 4.98. The molecule has 0 N–H and O–H groups in total. The number of hydrogen-bond donors (Lipinski definition) is 0. The molecule has 1 aliphatic rings. The van der Waals surface area contributed by atoms with Crippen molar-refractivity contribution in [3.63, 3.8) is 0 Å². The molecule has 146 valence electrons. The summed E-state index contributed by atoms with van der Waals surface area (Å²) in [6.07, 6.45) is 0. The number of fused-ring (bicyclic) bond motifs is 1. The molecular weight excluding hydrogens is 374 g/mol. The number of nitrogens with zero attached hydrogens (tertiary/aromatic N) is 5. The molecule has 0 radical (unpaired) electrons. The Morgan fingerprint density at radius 1 is 1.11 bits per heavy atom. The zero-order valence-corrected chi connectivity index (χ0v) is 17.2. The third-order valence-electron chi connectivity index (χ3n) is 5.29. The average molecular weight is 398 g/mol. The lowest BCUT2D eigenvalue weighted by molar-refractivity contribution is 0.0748. The van der Waals surface area contributed by atoms with Crippen LogP contribution in [-0.4, -0.2) is 51.8 Å². The number of carbonyl (C=O) groups excluding carboxylic acids is 1. The highest BCUT2D eigenvalue weighted by atomic mass is 35.5. The Morgan fingerprint density at radius 2 is 1.79 bits per heavy atom. The lowest BCUT2D eigenvalue weighted by Gasteiger charge is -2.36. The summed E-state index contributed by atoms with van der Waals surface area (Å²) in [5, 5.41) is 6.17. The van der Waals surface area contributed by atoms with Crippen molar-refractivity contribution in [1.29, 1.82) is 0 Å². The van der Waals surface area contributed by atoms with Crippen molar-refractivity contribution < 1.29 is 4.79 Å². The van der Waals surface area contributed by atoms with Crippen molar-refractivity contribution in [3.8, 4) is 0 Å². The second-order valence-electron chi connectivity index (χ2n) is 7.17. The first-order chi connectivity index (χ1) is 13.5. The number of piperazine rings is 1. The van der Waals surface area contributed by atoms with Crippen molar-refractivity contribution in [2.45, 2.75) is 27.3 Å². The molecule has 0 aliphatic carbocycles. The Morgan fingerprint density at radius 3 is 2.43 bits per heavy atom. The second-order valence-corrected chi connectivity index (χ2v) is 7.60. The minimum Gasteiger partial charge on any atom is -0.368 e. The molecule has 2 aromatic heterocycles. The van der Waals surface area contributed by atoms with Gasteiger partial charge in [0, 0.05) is 49.1 Å². The lowest BCUT2D eigenvalue weighted by Crippen LogP contribution is -2.48. The molecule has 7 heteroatoms. The van der Waals surface area contributed by atoms with Gasteiger partial charge in [-0.15, -0.1) is 0 Å². The van der Waals surface area contributed by atoms with Crippen LogP contribution in [0.15, 0.2) is 30.3 Å². The minimum atomic E-state index is 0.0602. The van der Waals surface area contributed by atoms with E-state index in [0.717, 1.165) is 52.8 Å². The van der Waals surface area contributed by atoms with Gasteiger partial charge in [0.2, 0.25) is 0 Å². The van der Waals surface area contributed by atoms with E-state index in [0.29, 0.717) is 18.7 Å². The first-order valence-corrected chi connectivity index (χ1v) is 10.00. The third-order valence-corrected chi connectivity index (χ3v) is 5.55. The number of hydrogen-bond acceptors (Lipinski definition) is 4. The number of pyridine rings is 1. The number of carbonyl (C=O) groups is 1. The molecule has 1 saturated heterocycles. The summed E-state index contributed by atoms with van der Waals surface area (Å²) in [5.41, 5.74) is 4.33. The smallest absolute Gasteiger partial charge is 0.254 e. The van der Waals surface area contributed by atoms with E-state index in [1.165, 1.54) is 0 Å². The van der Waals surface area contributed by atoms with E-state index < -0.39 is 0 Å². The first-order valence-electron chi connectivity index (χ1n) is 9.62. The van der Waals surface area contributed by atoms with Crippen LogP contribution in [0, 0.1) is 13.8 Å². The van der Waals surface area contributed by atoms with Gasteiger partial charge in [-0.1, -0.05) is 11.6 Å². The van der Waals surface area contributed by atoms with Crippen molar-refractivity contribution in [3.05, 3.63) is 52.3 Å². The van der Waals surface area contributed by atoms with Crippen LogP contribution in [0.3, 0.4) is 0 Å². The summed E-state index contributed by atoms with van der Waals surface area (Å²) in [7, 11) is 0. The Hall–Kier alpha value is -2.60. The van der Waals surface area contributed by atoms with Gasteiger partial charge >= 0.3 is 0 Å². The second kappa shape index (κ2) is 7.43. The molecule has 3 aromatic rings. The van der Waals surface area contributed by atoms with Crippen molar-refractivity contribution in [2.24, 2.45) is 0 Å².